The first kappa shape index (κ1) is 12.3. The van der Waals surface area contributed by atoms with Crippen LogP contribution in [0, 0.1) is 0 Å². The number of aromatic nitrogens is 3. The summed E-state index contributed by atoms with van der Waals surface area (Å²) in [5.41, 5.74) is 0. The second kappa shape index (κ2) is 4.85. The Morgan fingerprint density at radius 1 is 1.60 bits per heavy atom. The second-order valence-electron chi connectivity index (χ2n) is 3.13. The van der Waals surface area contributed by atoms with Crippen molar-refractivity contribution >= 4 is 7.60 Å². The molecule has 0 amide bonds. The molecule has 1 rings (SSSR count). The van der Waals surface area contributed by atoms with Gasteiger partial charge in [0.15, 0.2) is 5.82 Å². The standard InChI is InChI=1S/C7H14N3O4P/c1-2-10-7(8-5-9-10)6(11)3-4-15(12,13)14/h5-6,11H,2-4H2,1H3,(H2,12,13,14). The third-order valence-corrected chi connectivity index (χ3v) is 2.78. The molecule has 0 radical (unpaired) electrons. The van der Waals surface area contributed by atoms with E-state index in [9.17, 15) is 9.67 Å². The van der Waals surface area contributed by atoms with Gasteiger partial charge in [-0.25, -0.2) is 9.67 Å². The molecule has 1 unspecified atom stereocenters. The van der Waals surface area contributed by atoms with E-state index in [1.54, 1.807) is 0 Å². The second-order valence-corrected chi connectivity index (χ2v) is 4.90. The molecule has 7 nitrogen and oxygen atoms in total. The average Bonchev–Trinajstić information content (AvgIpc) is 2.60. The van der Waals surface area contributed by atoms with Gasteiger partial charge in [-0.1, -0.05) is 0 Å². The molecule has 0 aromatic carbocycles. The average molecular weight is 235 g/mol. The predicted molar refractivity (Wildman–Crippen MR) is 52.2 cm³/mol. The van der Waals surface area contributed by atoms with Crippen LogP contribution in [-0.4, -0.2) is 35.8 Å². The summed E-state index contributed by atoms with van der Waals surface area (Å²) < 4.78 is 12.1. The number of rotatable bonds is 5. The molecule has 8 heteroatoms. The maximum absolute atomic E-state index is 10.6. The van der Waals surface area contributed by atoms with Gasteiger partial charge in [-0.15, -0.1) is 0 Å². The fraction of sp³-hybridized carbons (Fsp3) is 0.714. The van der Waals surface area contributed by atoms with E-state index >= 15 is 0 Å². The van der Waals surface area contributed by atoms with Crippen LogP contribution in [0.3, 0.4) is 0 Å². The van der Waals surface area contributed by atoms with Crippen LogP contribution in [0.4, 0.5) is 0 Å². The number of aliphatic hydroxyl groups excluding tert-OH is 1. The SMILES string of the molecule is CCn1ncnc1C(O)CCP(=O)(O)O. The Bertz CT molecular complexity index is 361. The van der Waals surface area contributed by atoms with Gasteiger partial charge in [-0.05, 0) is 13.3 Å². The maximum atomic E-state index is 10.6. The third kappa shape index (κ3) is 3.71. The minimum absolute atomic E-state index is 0.0248. The molecule has 1 atom stereocenters. The van der Waals surface area contributed by atoms with Crippen LogP contribution in [0.5, 0.6) is 0 Å². The van der Waals surface area contributed by atoms with Crippen LogP contribution < -0.4 is 0 Å². The molecule has 3 N–H and O–H groups in total. The molecule has 0 saturated carbocycles. The van der Waals surface area contributed by atoms with Gasteiger partial charge in [0.1, 0.15) is 12.4 Å². The first-order valence-electron chi connectivity index (χ1n) is 4.54. The Labute approximate surface area is 86.9 Å². The minimum Gasteiger partial charge on any atom is -0.385 e. The summed E-state index contributed by atoms with van der Waals surface area (Å²) in [7, 11) is -4.06. The smallest absolute Gasteiger partial charge is 0.325 e. The molecule has 0 spiro atoms. The summed E-state index contributed by atoms with van der Waals surface area (Å²) in [4.78, 5) is 21.1. The monoisotopic (exact) mass is 235 g/mol. The van der Waals surface area contributed by atoms with Crippen molar-refractivity contribution in [2.24, 2.45) is 0 Å². The lowest BCUT2D eigenvalue weighted by atomic mass is 10.2. The summed E-state index contributed by atoms with van der Waals surface area (Å²) in [6.07, 6.45) is -0.0622. The van der Waals surface area contributed by atoms with Crippen molar-refractivity contribution in [3.8, 4) is 0 Å². The van der Waals surface area contributed by atoms with Gasteiger partial charge in [0.2, 0.25) is 0 Å². The highest BCUT2D eigenvalue weighted by Crippen LogP contribution is 2.36. The van der Waals surface area contributed by atoms with Crippen molar-refractivity contribution in [2.75, 3.05) is 6.16 Å². The fourth-order valence-corrected chi connectivity index (χ4v) is 1.78. The Hall–Kier alpha value is -0.750. The highest BCUT2D eigenvalue weighted by molar-refractivity contribution is 7.51. The lowest BCUT2D eigenvalue weighted by molar-refractivity contribution is 0.156. The quantitative estimate of drug-likeness (QED) is 0.615. The normalized spacial score (nSPS) is 14.1. The van der Waals surface area contributed by atoms with Crippen molar-refractivity contribution < 1.29 is 19.5 Å². The summed E-state index contributed by atoms with van der Waals surface area (Å²) in [5.74, 6) is 0.339. The highest BCUT2D eigenvalue weighted by atomic mass is 31.2. The molecule has 0 fully saturated rings. The van der Waals surface area contributed by atoms with Crippen LogP contribution >= 0.6 is 7.60 Å². The topological polar surface area (TPSA) is 108 Å². The summed E-state index contributed by atoms with van der Waals surface area (Å²) in [6, 6.07) is 0. The zero-order chi connectivity index (χ0) is 11.5. The zero-order valence-electron chi connectivity index (χ0n) is 8.31. The molecule has 86 valence electrons. The number of hydrogen-bond donors (Lipinski definition) is 3. The molecule has 0 aliphatic heterocycles. The fourth-order valence-electron chi connectivity index (χ4n) is 1.19. The van der Waals surface area contributed by atoms with Crippen LogP contribution in [0.1, 0.15) is 25.3 Å². The molecule has 15 heavy (non-hydrogen) atoms. The van der Waals surface area contributed by atoms with E-state index in [0.29, 0.717) is 12.4 Å². The van der Waals surface area contributed by atoms with Gasteiger partial charge in [0.25, 0.3) is 0 Å². The Morgan fingerprint density at radius 2 is 2.27 bits per heavy atom. The Balaban J connectivity index is 2.61. The minimum atomic E-state index is -4.06. The third-order valence-electron chi connectivity index (χ3n) is 1.94. The summed E-state index contributed by atoms with van der Waals surface area (Å²) >= 11 is 0. The van der Waals surface area contributed by atoms with Crippen LogP contribution in [0.25, 0.3) is 0 Å². The van der Waals surface area contributed by atoms with Gasteiger partial charge >= 0.3 is 7.60 Å². The van der Waals surface area contributed by atoms with E-state index < -0.39 is 13.7 Å². The van der Waals surface area contributed by atoms with Gasteiger partial charge in [0, 0.05) is 6.54 Å². The molecule has 0 saturated heterocycles. The number of aryl methyl sites for hydroxylation is 1. The molecule has 0 aliphatic rings. The van der Waals surface area contributed by atoms with Crippen LogP contribution in [0.2, 0.25) is 0 Å². The van der Waals surface area contributed by atoms with E-state index in [4.69, 9.17) is 9.79 Å². The van der Waals surface area contributed by atoms with E-state index in [1.807, 2.05) is 6.92 Å². The van der Waals surface area contributed by atoms with Crippen molar-refractivity contribution in [1.29, 1.82) is 0 Å². The molecular weight excluding hydrogens is 221 g/mol. The molecule has 1 aromatic rings. The van der Waals surface area contributed by atoms with Crippen molar-refractivity contribution in [1.82, 2.24) is 14.8 Å². The first-order valence-corrected chi connectivity index (χ1v) is 6.34. The van der Waals surface area contributed by atoms with Gasteiger partial charge in [-0.2, -0.15) is 5.10 Å². The van der Waals surface area contributed by atoms with E-state index in [1.165, 1.54) is 11.0 Å². The van der Waals surface area contributed by atoms with Crippen LogP contribution in [0.15, 0.2) is 6.33 Å². The van der Waals surface area contributed by atoms with Crippen molar-refractivity contribution in [2.45, 2.75) is 26.0 Å². The van der Waals surface area contributed by atoms with E-state index in [-0.39, 0.29) is 12.6 Å². The Morgan fingerprint density at radius 3 is 2.80 bits per heavy atom. The van der Waals surface area contributed by atoms with Gasteiger partial charge in [-0.3, -0.25) is 4.57 Å². The van der Waals surface area contributed by atoms with Crippen molar-refractivity contribution in [3.63, 3.8) is 0 Å². The van der Waals surface area contributed by atoms with E-state index in [0.717, 1.165) is 0 Å². The largest absolute Gasteiger partial charge is 0.385 e. The lowest BCUT2D eigenvalue weighted by Crippen LogP contribution is -2.10. The summed E-state index contributed by atoms with van der Waals surface area (Å²) in [5, 5.41) is 13.5. The van der Waals surface area contributed by atoms with Crippen LogP contribution in [-0.2, 0) is 11.1 Å². The number of nitrogens with zero attached hydrogens (tertiary/aromatic N) is 3. The molecule has 1 heterocycles. The molecule has 1 aromatic heterocycles. The first-order chi connectivity index (χ1) is 6.94. The lowest BCUT2D eigenvalue weighted by Gasteiger charge is -2.11. The predicted octanol–water partition coefficient (Wildman–Crippen LogP) is -0.101. The molecule has 0 aliphatic carbocycles. The Kier molecular flexibility index (Phi) is 3.98. The summed E-state index contributed by atoms with van der Waals surface area (Å²) in [6.45, 7) is 2.40. The van der Waals surface area contributed by atoms with Gasteiger partial charge in [0.05, 0.1) is 6.16 Å². The molecule has 0 bridgehead atoms. The van der Waals surface area contributed by atoms with E-state index in [2.05, 4.69) is 10.1 Å². The zero-order valence-corrected chi connectivity index (χ0v) is 9.21. The number of hydrogen-bond acceptors (Lipinski definition) is 4. The maximum Gasteiger partial charge on any atom is 0.325 e. The highest BCUT2D eigenvalue weighted by Gasteiger charge is 2.20. The molecular formula is C7H14N3O4P. The van der Waals surface area contributed by atoms with Gasteiger partial charge < -0.3 is 14.9 Å². The number of aliphatic hydroxyl groups is 1. The van der Waals surface area contributed by atoms with Crippen molar-refractivity contribution in [3.05, 3.63) is 12.2 Å².